The van der Waals surface area contributed by atoms with Gasteiger partial charge in [-0.25, -0.2) is 0 Å². The highest BCUT2D eigenvalue weighted by Gasteiger charge is 2.35. The zero-order valence-corrected chi connectivity index (χ0v) is 17.3. The molecule has 5 heteroatoms. The maximum Gasteiger partial charge on any atom is 0.227 e. The molecule has 0 saturated carbocycles. The minimum absolute atomic E-state index is 0.168. The SMILES string of the molecule is CC1(C)Oc2ccc(CC(=O)N3CCN(Cc4ccccc4)CC3)cc2CC1O. The summed E-state index contributed by atoms with van der Waals surface area (Å²) >= 11 is 0. The second-order valence-electron chi connectivity index (χ2n) is 8.69. The Labute approximate surface area is 172 Å². The van der Waals surface area contributed by atoms with Crippen molar-refractivity contribution in [1.82, 2.24) is 9.80 Å². The molecular formula is C24H30N2O3. The summed E-state index contributed by atoms with van der Waals surface area (Å²) in [6, 6.07) is 16.4. The predicted molar refractivity (Wildman–Crippen MR) is 113 cm³/mol. The molecule has 1 N–H and O–H groups in total. The fraction of sp³-hybridized carbons (Fsp3) is 0.458. The van der Waals surface area contributed by atoms with Gasteiger partial charge in [-0.1, -0.05) is 42.5 Å². The molecule has 1 saturated heterocycles. The summed E-state index contributed by atoms with van der Waals surface area (Å²) in [5, 5.41) is 10.3. The average molecular weight is 395 g/mol. The molecule has 0 aliphatic carbocycles. The van der Waals surface area contributed by atoms with Crippen LogP contribution < -0.4 is 4.74 Å². The quantitative estimate of drug-likeness (QED) is 0.866. The summed E-state index contributed by atoms with van der Waals surface area (Å²) in [5.41, 5.74) is 2.70. The van der Waals surface area contributed by atoms with E-state index in [2.05, 4.69) is 29.2 Å². The highest BCUT2D eigenvalue weighted by Crippen LogP contribution is 2.34. The molecule has 2 aliphatic rings. The normalized spacial score (nSPS) is 21.3. The van der Waals surface area contributed by atoms with Gasteiger partial charge in [0.15, 0.2) is 0 Å². The van der Waals surface area contributed by atoms with Crippen molar-refractivity contribution in [2.75, 3.05) is 26.2 Å². The van der Waals surface area contributed by atoms with Crippen molar-refractivity contribution in [3.8, 4) is 5.75 Å². The van der Waals surface area contributed by atoms with Crippen LogP contribution in [-0.4, -0.2) is 58.7 Å². The Balaban J connectivity index is 1.32. The van der Waals surface area contributed by atoms with Crippen molar-refractivity contribution in [3.05, 3.63) is 65.2 Å². The minimum Gasteiger partial charge on any atom is -0.485 e. The number of hydrogen-bond acceptors (Lipinski definition) is 4. The topological polar surface area (TPSA) is 53.0 Å². The van der Waals surface area contributed by atoms with Gasteiger partial charge in [-0.05, 0) is 36.6 Å². The lowest BCUT2D eigenvalue weighted by atomic mass is 9.90. The number of amides is 1. The van der Waals surface area contributed by atoms with Gasteiger partial charge in [0.25, 0.3) is 0 Å². The molecular weight excluding hydrogens is 364 g/mol. The second kappa shape index (κ2) is 8.17. The standard InChI is InChI=1S/C24H30N2O3/c1-24(2)22(27)16-20-14-19(8-9-21(20)29-24)15-23(28)26-12-10-25(11-13-26)17-18-6-4-3-5-7-18/h3-9,14,22,27H,10-13,15-17H2,1-2H3. The number of carbonyl (C=O) groups excluding carboxylic acids is 1. The van der Waals surface area contributed by atoms with E-state index < -0.39 is 11.7 Å². The molecule has 0 aromatic heterocycles. The molecule has 154 valence electrons. The lowest BCUT2D eigenvalue weighted by Crippen LogP contribution is -2.48. The van der Waals surface area contributed by atoms with Gasteiger partial charge >= 0.3 is 0 Å². The van der Waals surface area contributed by atoms with Gasteiger partial charge in [0.2, 0.25) is 5.91 Å². The summed E-state index contributed by atoms with van der Waals surface area (Å²) in [6.07, 6.45) is 0.409. The molecule has 5 nitrogen and oxygen atoms in total. The summed E-state index contributed by atoms with van der Waals surface area (Å²) in [6.45, 7) is 8.08. The summed E-state index contributed by atoms with van der Waals surface area (Å²) in [4.78, 5) is 17.2. The van der Waals surface area contributed by atoms with Crippen LogP contribution in [0.5, 0.6) is 5.75 Å². The Kier molecular flexibility index (Phi) is 5.61. The monoisotopic (exact) mass is 394 g/mol. The number of hydrogen-bond donors (Lipinski definition) is 1. The number of fused-ring (bicyclic) bond motifs is 1. The number of aliphatic hydroxyl groups excluding tert-OH is 1. The average Bonchev–Trinajstić information content (AvgIpc) is 2.70. The van der Waals surface area contributed by atoms with Crippen LogP contribution in [-0.2, 0) is 24.2 Å². The summed E-state index contributed by atoms with van der Waals surface area (Å²) in [7, 11) is 0. The third-order valence-corrected chi connectivity index (χ3v) is 6.04. The van der Waals surface area contributed by atoms with Gasteiger partial charge in [0.1, 0.15) is 11.4 Å². The van der Waals surface area contributed by atoms with E-state index >= 15 is 0 Å². The van der Waals surface area contributed by atoms with Crippen LogP contribution in [0.25, 0.3) is 0 Å². The van der Waals surface area contributed by atoms with Crippen LogP contribution in [0.4, 0.5) is 0 Å². The van der Waals surface area contributed by atoms with Crippen LogP contribution in [0.3, 0.4) is 0 Å². The first-order valence-corrected chi connectivity index (χ1v) is 10.4. The van der Waals surface area contributed by atoms with Crippen LogP contribution >= 0.6 is 0 Å². The van der Waals surface area contributed by atoms with Crippen LogP contribution in [0.2, 0.25) is 0 Å². The number of carbonyl (C=O) groups is 1. The molecule has 0 spiro atoms. The van der Waals surface area contributed by atoms with E-state index in [1.54, 1.807) is 0 Å². The lowest BCUT2D eigenvalue weighted by molar-refractivity contribution is -0.132. The zero-order chi connectivity index (χ0) is 20.4. The number of aliphatic hydroxyl groups is 1. The van der Waals surface area contributed by atoms with Crippen molar-refractivity contribution in [3.63, 3.8) is 0 Å². The number of rotatable bonds is 4. The maximum absolute atomic E-state index is 12.8. The molecule has 4 rings (SSSR count). The second-order valence-corrected chi connectivity index (χ2v) is 8.69. The van der Waals surface area contributed by atoms with Crippen LogP contribution in [0.1, 0.15) is 30.5 Å². The molecule has 1 fully saturated rings. The first kappa shape index (κ1) is 19.9. The third kappa shape index (κ3) is 4.62. The van der Waals surface area contributed by atoms with Crippen LogP contribution in [0, 0.1) is 0 Å². The highest BCUT2D eigenvalue weighted by molar-refractivity contribution is 5.79. The smallest absolute Gasteiger partial charge is 0.227 e. The Hall–Kier alpha value is -2.37. The molecule has 1 atom stereocenters. The van der Waals surface area contributed by atoms with Gasteiger partial charge in [-0.15, -0.1) is 0 Å². The zero-order valence-electron chi connectivity index (χ0n) is 17.3. The number of benzene rings is 2. The summed E-state index contributed by atoms with van der Waals surface area (Å²) < 4.78 is 5.92. The first-order valence-electron chi connectivity index (χ1n) is 10.4. The molecule has 0 radical (unpaired) electrons. The Morgan fingerprint density at radius 3 is 2.52 bits per heavy atom. The largest absolute Gasteiger partial charge is 0.485 e. The van der Waals surface area contributed by atoms with E-state index in [1.165, 1.54) is 5.56 Å². The van der Waals surface area contributed by atoms with E-state index in [0.717, 1.165) is 49.6 Å². The molecule has 2 aromatic carbocycles. The van der Waals surface area contributed by atoms with Crippen molar-refractivity contribution in [2.45, 2.75) is 44.9 Å². The molecule has 1 amide bonds. The predicted octanol–water partition coefficient (Wildman–Crippen LogP) is 2.65. The number of piperazine rings is 1. The maximum atomic E-state index is 12.8. The Bertz CT molecular complexity index is 858. The lowest BCUT2D eigenvalue weighted by Gasteiger charge is -2.37. The molecule has 2 aromatic rings. The van der Waals surface area contributed by atoms with E-state index in [4.69, 9.17) is 4.74 Å². The van der Waals surface area contributed by atoms with E-state index in [-0.39, 0.29) is 5.91 Å². The van der Waals surface area contributed by atoms with Gasteiger partial charge < -0.3 is 14.7 Å². The third-order valence-electron chi connectivity index (χ3n) is 6.04. The van der Waals surface area contributed by atoms with Gasteiger partial charge in [0, 0.05) is 39.1 Å². The van der Waals surface area contributed by atoms with Crippen molar-refractivity contribution < 1.29 is 14.6 Å². The molecule has 1 unspecified atom stereocenters. The molecule has 0 bridgehead atoms. The fourth-order valence-electron chi connectivity index (χ4n) is 4.09. The van der Waals surface area contributed by atoms with E-state index in [0.29, 0.717) is 12.8 Å². The van der Waals surface area contributed by atoms with Gasteiger partial charge in [-0.3, -0.25) is 9.69 Å². The molecule has 29 heavy (non-hydrogen) atoms. The van der Waals surface area contributed by atoms with E-state index in [9.17, 15) is 9.90 Å². The van der Waals surface area contributed by atoms with Gasteiger partial charge in [-0.2, -0.15) is 0 Å². The molecule has 2 aliphatic heterocycles. The number of nitrogens with zero attached hydrogens (tertiary/aromatic N) is 2. The molecule has 2 heterocycles. The number of ether oxygens (including phenoxy) is 1. The fourth-order valence-corrected chi connectivity index (χ4v) is 4.09. The van der Waals surface area contributed by atoms with Crippen molar-refractivity contribution in [1.29, 1.82) is 0 Å². The van der Waals surface area contributed by atoms with Crippen molar-refractivity contribution in [2.24, 2.45) is 0 Å². The van der Waals surface area contributed by atoms with Crippen LogP contribution in [0.15, 0.2) is 48.5 Å². The first-order chi connectivity index (χ1) is 13.9. The Morgan fingerprint density at radius 2 is 1.79 bits per heavy atom. The van der Waals surface area contributed by atoms with E-state index in [1.807, 2.05) is 43.0 Å². The van der Waals surface area contributed by atoms with Crippen molar-refractivity contribution >= 4 is 5.91 Å². The summed E-state index contributed by atoms with van der Waals surface area (Å²) in [5.74, 6) is 0.980. The Morgan fingerprint density at radius 1 is 1.07 bits per heavy atom. The minimum atomic E-state index is -0.580. The van der Waals surface area contributed by atoms with Gasteiger partial charge in [0.05, 0.1) is 12.5 Å². The highest BCUT2D eigenvalue weighted by atomic mass is 16.5.